The lowest BCUT2D eigenvalue weighted by Crippen LogP contribution is -2.43. The number of allylic oxidation sites excluding steroid dienone is 5. The fourth-order valence-electron chi connectivity index (χ4n) is 1.33. The lowest BCUT2D eigenvalue weighted by atomic mass is 10.1. The monoisotopic (exact) mass is 343 g/mol. The van der Waals surface area contributed by atoms with E-state index in [1.165, 1.54) is 18.2 Å². The number of hydrogen-bond donors (Lipinski definition) is 1. The highest BCUT2D eigenvalue weighted by molar-refractivity contribution is 8.05. The first-order valence-corrected chi connectivity index (χ1v) is 8.46. The predicted octanol–water partition coefficient (Wildman–Crippen LogP) is 1.75. The quantitative estimate of drug-likeness (QED) is 0.843. The second-order valence-electron chi connectivity index (χ2n) is 4.19. The Kier molecular flexibility index (Phi) is 4.86. The number of halogens is 3. The second-order valence-corrected chi connectivity index (χ2v) is 7.96. The van der Waals surface area contributed by atoms with Gasteiger partial charge in [-0.05, 0) is 12.5 Å². The van der Waals surface area contributed by atoms with Crippen LogP contribution in [0.25, 0.3) is 0 Å². The van der Waals surface area contributed by atoms with E-state index in [0.717, 1.165) is 12.2 Å². The molecule has 0 saturated carbocycles. The normalized spacial score (nSPS) is 20.0. The first-order chi connectivity index (χ1) is 9.37. The van der Waals surface area contributed by atoms with Gasteiger partial charge in [-0.15, -0.1) is 4.13 Å². The molecule has 0 bridgehead atoms. The molecule has 118 valence electrons. The minimum absolute atomic E-state index is 0.572. The molecule has 0 radical (unpaired) electrons. The van der Waals surface area contributed by atoms with Gasteiger partial charge >= 0.3 is 15.5 Å². The van der Waals surface area contributed by atoms with Crippen LogP contribution in [-0.2, 0) is 20.0 Å². The zero-order valence-electron chi connectivity index (χ0n) is 10.8. The highest BCUT2D eigenvalue weighted by Gasteiger charge is 2.49. The fourth-order valence-corrected chi connectivity index (χ4v) is 3.96. The van der Waals surface area contributed by atoms with E-state index in [-0.39, 0.29) is 0 Å². The number of hydrogen-bond acceptors (Lipinski definition) is 4. The summed E-state index contributed by atoms with van der Waals surface area (Å²) in [4.78, 5) is 0. The highest BCUT2D eigenvalue weighted by atomic mass is 32.3. The summed E-state index contributed by atoms with van der Waals surface area (Å²) in [6, 6.07) is 0. The van der Waals surface area contributed by atoms with Gasteiger partial charge in [-0.25, -0.2) is 16.8 Å². The third-order valence-corrected chi connectivity index (χ3v) is 5.87. The summed E-state index contributed by atoms with van der Waals surface area (Å²) in [5.74, 6) is 0. The lowest BCUT2D eigenvalue weighted by Gasteiger charge is -2.13. The van der Waals surface area contributed by atoms with Crippen LogP contribution in [0.2, 0.25) is 0 Å². The molecule has 0 heterocycles. The van der Waals surface area contributed by atoms with Gasteiger partial charge in [0.2, 0.25) is 10.0 Å². The maximum absolute atomic E-state index is 12.2. The van der Waals surface area contributed by atoms with Crippen LogP contribution in [0.1, 0.15) is 6.92 Å². The molecule has 1 rings (SSSR count). The summed E-state index contributed by atoms with van der Waals surface area (Å²) in [5, 5.41) is -1.55. The Morgan fingerprint density at radius 1 is 1.24 bits per heavy atom. The second kappa shape index (κ2) is 5.78. The van der Waals surface area contributed by atoms with E-state index in [1.54, 1.807) is 6.92 Å². The van der Waals surface area contributed by atoms with Gasteiger partial charge in [0.25, 0.3) is 0 Å². The van der Waals surface area contributed by atoms with Gasteiger partial charge in [-0.1, -0.05) is 42.5 Å². The van der Waals surface area contributed by atoms with Crippen LogP contribution >= 0.6 is 0 Å². The number of nitrogens with one attached hydrogen (secondary N) is 1. The van der Waals surface area contributed by atoms with Crippen molar-refractivity contribution in [2.75, 3.05) is 0 Å². The molecular weight excluding hydrogens is 331 g/mol. The fraction of sp³-hybridized carbons (Fsp3) is 0.273. The van der Waals surface area contributed by atoms with Gasteiger partial charge in [0, 0.05) is 0 Å². The lowest BCUT2D eigenvalue weighted by molar-refractivity contribution is -0.0441. The summed E-state index contributed by atoms with van der Waals surface area (Å²) in [6.07, 6.45) is 6.27. The van der Waals surface area contributed by atoms with Gasteiger partial charge in [0.15, 0.2) is 0 Å². The van der Waals surface area contributed by atoms with Crippen molar-refractivity contribution in [3.05, 3.63) is 48.1 Å². The van der Waals surface area contributed by atoms with Gasteiger partial charge in [-0.3, -0.25) is 0 Å². The van der Waals surface area contributed by atoms with Crippen molar-refractivity contribution in [3.63, 3.8) is 0 Å². The molecule has 1 atom stereocenters. The Morgan fingerprint density at radius 2 is 1.81 bits per heavy atom. The first kappa shape index (κ1) is 17.7. The summed E-state index contributed by atoms with van der Waals surface area (Å²) in [5.41, 5.74) is -4.52. The Bertz CT molecular complexity index is 728. The molecule has 1 aliphatic carbocycles. The van der Waals surface area contributed by atoms with Crippen molar-refractivity contribution >= 4 is 20.0 Å². The minimum Gasteiger partial charge on any atom is -0.210 e. The van der Waals surface area contributed by atoms with E-state index in [0.29, 0.717) is 15.3 Å². The predicted molar refractivity (Wildman–Crippen MR) is 72.0 cm³/mol. The van der Waals surface area contributed by atoms with Crippen LogP contribution in [0.3, 0.4) is 0 Å². The Hall–Kier alpha value is -1.39. The number of alkyl halides is 3. The van der Waals surface area contributed by atoms with Crippen molar-refractivity contribution in [2.24, 2.45) is 0 Å². The average molecular weight is 343 g/mol. The topological polar surface area (TPSA) is 80.3 Å². The highest BCUT2D eigenvalue weighted by Crippen LogP contribution is 2.23. The van der Waals surface area contributed by atoms with Crippen LogP contribution in [0.4, 0.5) is 13.2 Å². The zero-order chi connectivity index (χ0) is 16.5. The van der Waals surface area contributed by atoms with E-state index in [1.807, 2.05) is 0 Å². The summed E-state index contributed by atoms with van der Waals surface area (Å²) >= 11 is 0. The smallest absolute Gasteiger partial charge is 0.210 e. The molecule has 1 unspecified atom stereocenters. The molecule has 1 N–H and O–H groups in total. The van der Waals surface area contributed by atoms with Gasteiger partial charge in [0.05, 0.1) is 0 Å². The maximum Gasteiger partial charge on any atom is 0.512 e. The molecule has 0 aromatic carbocycles. The third-order valence-electron chi connectivity index (χ3n) is 2.42. The van der Waals surface area contributed by atoms with Crippen LogP contribution in [-0.4, -0.2) is 27.6 Å². The van der Waals surface area contributed by atoms with Crippen molar-refractivity contribution in [3.8, 4) is 0 Å². The summed E-state index contributed by atoms with van der Waals surface area (Å²) in [7, 11) is -10.8. The molecule has 0 aliphatic heterocycles. The summed E-state index contributed by atoms with van der Waals surface area (Å²) in [6.45, 7) is 5.29. The van der Waals surface area contributed by atoms with Gasteiger partial charge in [0.1, 0.15) is 5.25 Å². The molecule has 0 spiro atoms. The third kappa shape index (κ3) is 4.29. The van der Waals surface area contributed by atoms with Crippen molar-refractivity contribution < 1.29 is 30.0 Å². The molecule has 0 fully saturated rings. The molecule has 0 amide bonds. The van der Waals surface area contributed by atoms with Crippen molar-refractivity contribution in [2.45, 2.75) is 17.7 Å². The van der Waals surface area contributed by atoms with Crippen LogP contribution in [0.5, 0.6) is 0 Å². The van der Waals surface area contributed by atoms with Gasteiger partial charge in [-0.2, -0.15) is 13.2 Å². The summed E-state index contributed by atoms with van der Waals surface area (Å²) < 4.78 is 82.5. The Morgan fingerprint density at radius 3 is 2.29 bits per heavy atom. The Labute approximate surface area is 120 Å². The standard InChI is InChI=1S/C11H12F3NO4S2/c1-8(2)9-4-3-5-10(7-6-9)20(16,17)15-21(18,19)11(12,13)14/h3-7,10,15H,1H2,2H3. The molecule has 0 saturated heterocycles. The van der Waals surface area contributed by atoms with E-state index in [9.17, 15) is 30.0 Å². The molecule has 0 aromatic rings. The Balaban J connectivity index is 3.08. The average Bonchev–Trinajstić information content (AvgIpc) is 2.51. The number of rotatable bonds is 4. The molecule has 10 heteroatoms. The zero-order valence-corrected chi connectivity index (χ0v) is 12.4. The van der Waals surface area contributed by atoms with E-state index in [4.69, 9.17) is 0 Å². The molecule has 1 aliphatic rings. The van der Waals surface area contributed by atoms with Crippen LogP contribution in [0.15, 0.2) is 48.1 Å². The maximum atomic E-state index is 12.2. The minimum atomic E-state index is -5.99. The largest absolute Gasteiger partial charge is 0.512 e. The van der Waals surface area contributed by atoms with Gasteiger partial charge < -0.3 is 0 Å². The van der Waals surface area contributed by atoms with Crippen LogP contribution in [0, 0.1) is 0 Å². The number of sulfonamides is 2. The van der Waals surface area contributed by atoms with E-state index < -0.39 is 30.8 Å². The molecule has 21 heavy (non-hydrogen) atoms. The molecule has 0 aromatic heterocycles. The SMILES string of the molecule is C=C(C)C1=CC=CC(S(=O)(=O)NS(=O)(=O)C(F)(F)F)C=C1. The van der Waals surface area contributed by atoms with Crippen molar-refractivity contribution in [1.29, 1.82) is 0 Å². The first-order valence-electron chi connectivity index (χ1n) is 5.43. The molecular formula is C11H12F3NO4S2. The van der Waals surface area contributed by atoms with Crippen LogP contribution < -0.4 is 4.13 Å². The van der Waals surface area contributed by atoms with Crippen molar-refractivity contribution in [1.82, 2.24) is 4.13 Å². The van der Waals surface area contributed by atoms with E-state index in [2.05, 4.69) is 6.58 Å². The van der Waals surface area contributed by atoms with E-state index >= 15 is 0 Å². The molecule has 5 nitrogen and oxygen atoms in total.